The molecular formula is C14H7N3O10. The Labute approximate surface area is 147 Å². The fourth-order valence-electron chi connectivity index (χ4n) is 2.43. The van der Waals surface area contributed by atoms with Crippen molar-refractivity contribution in [1.29, 1.82) is 0 Å². The molecule has 2 rings (SSSR count). The van der Waals surface area contributed by atoms with Gasteiger partial charge in [-0.2, -0.15) is 0 Å². The minimum Gasteiger partial charge on any atom is -0.478 e. The van der Waals surface area contributed by atoms with E-state index < -0.39 is 66.0 Å². The van der Waals surface area contributed by atoms with E-state index in [0.717, 1.165) is 18.2 Å². The number of benzene rings is 2. The van der Waals surface area contributed by atoms with Crippen LogP contribution >= 0.6 is 0 Å². The minimum absolute atomic E-state index is 0.407. The first kappa shape index (κ1) is 18.9. The lowest BCUT2D eigenvalue weighted by molar-refractivity contribution is -0.394. The smallest absolute Gasteiger partial charge is 0.336 e. The minimum atomic E-state index is -1.87. The zero-order valence-corrected chi connectivity index (χ0v) is 12.9. The molecule has 0 atom stereocenters. The second kappa shape index (κ2) is 6.83. The zero-order valence-electron chi connectivity index (χ0n) is 12.9. The lowest BCUT2D eigenvalue weighted by atomic mass is 9.91. The fraction of sp³-hybridized carbons (Fsp3) is 0. The largest absolute Gasteiger partial charge is 0.478 e. The van der Waals surface area contributed by atoms with Crippen LogP contribution < -0.4 is 0 Å². The normalized spacial score (nSPS) is 10.2. The van der Waals surface area contributed by atoms with Crippen molar-refractivity contribution in [3.05, 3.63) is 71.8 Å². The summed E-state index contributed by atoms with van der Waals surface area (Å²) in [7, 11) is 0. The second-order valence-corrected chi connectivity index (χ2v) is 4.97. The molecule has 13 heteroatoms. The van der Waals surface area contributed by atoms with Crippen molar-refractivity contribution in [3.63, 3.8) is 0 Å². The number of hydrogen-bond acceptors (Lipinski definition) is 8. The van der Waals surface area contributed by atoms with Gasteiger partial charge in [-0.25, -0.2) is 9.59 Å². The highest BCUT2D eigenvalue weighted by Gasteiger charge is 2.35. The Hall–Kier alpha value is -4.42. The lowest BCUT2D eigenvalue weighted by Crippen LogP contribution is -2.09. The van der Waals surface area contributed by atoms with Crippen molar-refractivity contribution >= 4 is 29.0 Å². The molecule has 0 aliphatic heterocycles. The molecular weight excluding hydrogens is 370 g/mol. The number of non-ortho nitro benzene ring substituents is 1. The maximum atomic E-state index is 11.5. The summed E-state index contributed by atoms with van der Waals surface area (Å²) in [5.41, 5.74) is -6.56. The van der Waals surface area contributed by atoms with Crippen LogP contribution in [0.25, 0.3) is 11.1 Å². The van der Waals surface area contributed by atoms with E-state index >= 15 is 0 Å². The molecule has 27 heavy (non-hydrogen) atoms. The number of nitrogens with zero attached hydrogens (tertiary/aromatic N) is 3. The van der Waals surface area contributed by atoms with Crippen molar-refractivity contribution in [1.82, 2.24) is 0 Å². The van der Waals surface area contributed by atoms with Crippen molar-refractivity contribution in [2.45, 2.75) is 0 Å². The number of hydrogen-bond donors (Lipinski definition) is 2. The first-order valence-corrected chi connectivity index (χ1v) is 6.77. The van der Waals surface area contributed by atoms with Crippen molar-refractivity contribution in [2.24, 2.45) is 0 Å². The quantitative estimate of drug-likeness (QED) is 0.555. The standard InChI is InChI=1S/C14H7N3O10/c18-13(19)7-2-1-3-9(16(24)25)11(7)12-8(14(20)21)4-6(15(22)23)5-10(12)17(26)27/h1-5H,(H,18,19)(H,20,21). The van der Waals surface area contributed by atoms with Crippen LogP contribution in [0, 0.1) is 30.3 Å². The molecule has 0 aliphatic carbocycles. The maximum Gasteiger partial charge on any atom is 0.336 e. The third-order valence-corrected chi connectivity index (χ3v) is 3.46. The van der Waals surface area contributed by atoms with Gasteiger partial charge in [0.25, 0.3) is 17.1 Å². The molecule has 2 N–H and O–H groups in total. The molecule has 13 nitrogen and oxygen atoms in total. The average Bonchev–Trinajstić information content (AvgIpc) is 2.59. The van der Waals surface area contributed by atoms with E-state index in [2.05, 4.69) is 0 Å². The summed E-state index contributed by atoms with van der Waals surface area (Å²) in [6.07, 6.45) is 0. The number of nitro groups is 3. The Morgan fingerprint density at radius 2 is 1.26 bits per heavy atom. The Morgan fingerprint density at radius 1 is 0.741 bits per heavy atom. The molecule has 0 spiro atoms. The van der Waals surface area contributed by atoms with Crippen LogP contribution in [0.2, 0.25) is 0 Å². The van der Waals surface area contributed by atoms with Gasteiger partial charge < -0.3 is 10.2 Å². The summed E-state index contributed by atoms with van der Waals surface area (Å²) < 4.78 is 0. The maximum absolute atomic E-state index is 11.5. The molecule has 0 fully saturated rings. The highest BCUT2D eigenvalue weighted by atomic mass is 16.6. The van der Waals surface area contributed by atoms with Crippen LogP contribution in [-0.4, -0.2) is 36.9 Å². The number of nitro benzene ring substituents is 3. The molecule has 138 valence electrons. The number of carboxylic acids is 2. The molecule has 0 saturated carbocycles. The number of carboxylic acid groups (broad SMARTS) is 2. The number of aromatic carboxylic acids is 2. The lowest BCUT2D eigenvalue weighted by Gasteiger charge is -2.11. The molecule has 2 aromatic carbocycles. The SMILES string of the molecule is O=C(O)c1cccc([N+](=O)[O-])c1-c1c(C(=O)O)cc([N+](=O)[O-])cc1[N+](=O)[O-]. The topological polar surface area (TPSA) is 204 Å². The highest BCUT2D eigenvalue weighted by molar-refractivity contribution is 6.07. The van der Waals surface area contributed by atoms with Gasteiger partial charge in [0.15, 0.2) is 0 Å². The van der Waals surface area contributed by atoms with Gasteiger partial charge in [-0.15, -0.1) is 0 Å². The molecule has 2 aromatic rings. The van der Waals surface area contributed by atoms with Crippen LogP contribution in [-0.2, 0) is 0 Å². The fourth-order valence-corrected chi connectivity index (χ4v) is 2.43. The summed E-state index contributed by atoms with van der Waals surface area (Å²) in [6.45, 7) is 0. The van der Waals surface area contributed by atoms with E-state index in [9.17, 15) is 50.1 Å². The monoisotopic (exact) mass is 377 g/mol. The first-order valence-electron chi connectivity index (χ1n) is 6.77. The predicted octanol–water partition coefficient (Wildman–Crippen LogP) is 2.47. The summed E-state index contributed by atoms with van der Waals surface area (Å²) in [5, 5.41) is 52.2. The van der Waals surface area contributed by atoms with Crippen molar-refractivity contribution < 1.29 is 34.6 Å². The number of rotatable bonds is 6. The van der Waals surface area contributed by atoms with Gasteiger partial charge in [0.1, 0.15) is 0 Å². The number of carbonyl (C=O) groups is 2. The molecule has 0 saturated heterocycles. The second-order valence-electron chi connectivity index (χ2n) is 4.97. The first-order chi connectivity index (χ1) is 12.6. The van der Waals surface area contributed by atoms with Gasteiger partial charge in [-0.1, -0.05) is 6.07 Å². The van der Waals surface area contributed by atoms with Gasteiger partial charge in [0.05, 0.1) is 43.1 Å². The van der Waals surface area contributed by atoms with Gasteiger partial charge in [0.2, 0.25) is 0 Å². The Bertz CT molecular complexity index is 963. The van der Waals surface area contributed by atoms with Gasteiger partial charge in [-0.3, -0.25) is 30.3 Å². The Morgan fingerprint density at radius 3 is 1.70 bits per heavy atom. The van der Waals surface area contributed by atoms with Crippen molar-refractivity contribution in [3.8, 4) is 11.1 Å². The third-order valence-electron chi connectivity index (χ3n) is 3.46. The van der Waals surface area contributed by atoms with E-state index in [0.29, 0.717) is 12.1 Å². The van der Waals surface area contributed by atoms with Crippen LogP contribution in [0.3, 0.4) is 0 Å². The molecule has 0 unspecified atom stereocenters. The van der Waals surface area contributed by atoms with Crippen LogP contribution in [0.1, 0.15) is 20.7 Å². The van der Waals surface area contributed by atoms with E-state index in [-0.39, 0.29) is 0 Å². The Balaban J connectivity index is 3.13. The van der Waals surface area contributed by atoms with Gasteiger partial charge in [0, 0.05) is 12.1 Å². The van der Waals surface area contributed by atoms with Crippen molar-refractivity contribution in [2.75, 3.05) is 0 Å². The van der Waals surface area contributed by atoms with E-state index in [1.54, 1.807) is 0 Å². The predicted molar refractivity (Wildman–Crippen MR) is 85.8 cm³/mol. The van der Waals surface area contributed by atoms with Crippen LogP contribution in [0.4, 0.5) is 17.1 Å². The zero-order chi connectivity index (χ0) is 20.5. The summed E-state index contributed by atoms with van der Waals surface area (Å²) in [4.78, 5) is 53.3. The molecule has 0 aliphatic rings. The molecule has 0 radical (unpaired) electrons. The summed E-state index contributed by atoms with van der Waals surface area (Å²) in [6, 6.07) is 3.60. The van der Waals surface area contributed by atoms with E-state index in [4.69, 9.17) is 0 Å². The summed E-state index contributed by atoms with van der Waals surface area (Å²) in [5.74, 6) is -3.58. The van der Waals surface area contributed by atoms with Gasteiger partial charge >= 0.3 is 11.9 Å². The average molecular weight is 377 g/mol. The van der Waals surface area contributed by atoms with E-state index in [1.807, 2.05) is 0 Å². The van der Waals surface area contributed by atoms with Crippen LogP contribution in [0.5, 0.6) is 0 Å². The van der Waals surface area contributed by atoms with E-state index in [1.165, 1.54) is 0 Å². The molecule has 0 aromatic heterocycles. The molecule has 0 bridgehead atoms. The highest BCUT2D eigenvalue weighted by Crippen LogP contribution is 2.43. The van der Waals surface area contributed by atoms with Crippen LogP contribution in [0.15, 0.2) is 30.3 Å². The Kier molecular flexibility index (Phi) is 4.78. The summed E-state index contributed by atoms with van der Waals surface area (Å²) >= 11 is 0. The van der Waals surface area contributed by atoms with Gasteiger partial charge in [-0.05, 0) is 6.07 Å². The molecule has 0 heterocycles. The third kappa shape index (κ3) is 3.37. The molecule has 0 amide bonds.